The van der Waals surface area contributed by atoms with Crippen LogP contribution in [0.2, 0.25) is 0 Å². The van der Waals surface area contributed by atoms with Crippen LogP contribution in [0.3, 0.4) is 0 Å². The lowest BCUT2D eigenvalue weighted by Crippen LogP contribution is -2.23. The van der Waals surface area contributed by atoms with Crippen LogP contribution in [0, 0.1) is 0 Å². The smallest absolute Gasteiger partial charge is 0.251 e. The lowest BCUT2D eigenvalue weighted by atomic mass is 10.1. The lowest BCUT2D eigenvalue weighted by molar-refractivity contribution is 0.0950. The summed E-state index contributed by atoms with van der Waals surface area (Å²) in [4.78, 5) is 19.7. The average molecular weight is 262 g/mol. The molecule has 1 N–H and O–H groups in total. The Morgan fingerprint density at radius 1 is 1.22 bits per heavy atom. The Morgan fingerprint density at radius 3 is 2.61 bits per heavy atom. The molecular weight excluding hydrogens is 250 g/mol. The maximum atomic E-state index is 11.8. The number of benzene rings is 1. The van der Waals surface area contributed by atoms with Crippen molar-refractivity contribution in [3.8, 4) is 0 Å². The van der Waals surface area contributed by atoms with Gasteiger partial charge in [-0.2, -0.15) is 0 Å². The molecule has 1 aromatic carbocycles. The molecule has 0 bridgehead atoms. The van der Waals surface area contributed by atoms with E-state index >= 15 is 0 Å². The van der Waals surface area contributed by atoms with Gasteiger partial charge in [0.05, 0.1) is 12.2 Å². The molecule has 92 valence electrons. The quantitative estimate of drug-likeness (QED) is 0.858. The van der Waals surface area contributed by atoms with Crippen molar-refractivity contribution in [2.24, 2.45) is 0 Å². The predicted molar refractivity (Wildman–Crippen MR) is 69.2 cm³/mol. The summed E-state index contributed by atoms with van der Waals surface area (Å²) in [5.74, 6) is 0.317. The molecule has 0 spiro atoms. The molecule has 5 heteroatoms. The summed E-state index contributed by atoms with van der Waals surface area (Å²) in [5.41, 5.74) is 2.37. The number of aromatic nitrogens is 2. The van der Waals surface area contributed by atoms with E-state index < -0.39 is 0 Å². The molecule has 2 aromatic rings. The molecule has 0 atom stereocenters. The monoisotopic (exact) mass is 261 g/mol. The second-order valence-electron chi connectivity index (χ2n) is 3.71. The number of hydrogen-bond acceptors (Lipinski definition) is 3. The molecule has 0 saturated heterocycles. The molecule has 0 unspecified atom stereocenters. The fraction of sp³-hybridized carbons (Fsp3) is 0.154. The molecule has 2 rings (SSSR count). The highest BCUT2D eigenvalue weighted by atomic mass is 35.5. The van der Waals surface area contributed by atoms with Gasteiger partial charge in [0.15, 0.2) is 0 Å². The predicted octanol–water partition coefficient (Wildman–Crippen LogP) is 2.15. The summed E-state index contributed by atoms with van der Waals surface area (Å²) in [7, 11) is 0. The number of alkyl halides is 1. The zero-order valence-corrected chi connectivity index (χ0v) is 10.4. The number of halogens is 1. The van der Waals surface area contributed by atoms with Gasteiger partial charge in [0.1, 0.15) is 6.33 Å². The van der Waals surface area contributed by atoms with Crippen LogP contribution >= 0.6 is 11.6 Å². The molecule has 0 fully saturated rings. The fourth-order valence-electron chi connectivity index (χ4n) is 1.44. The molecule has 0 radical (unpaired) electrons. The third-order valence-electron chi connectivity index (χ3n) is 2.44. The summed E-state index contributed by atoms with van der Waals surface area (Å²) in [6, 6.07) is 8.95. The van der Waals surface area contributed by atoms with E-state index in [0.717, 1.165) is 11.3 Å². The van der Waals surface area contributed by atoms with Crippen LogP contribution in [0.5, 0.6) is 0 Å². The van der Waals surface area contributed by atoms with Crippen molar-refractivity contribution in [3.63, 3.8) is 0 Å². The van der Waals surface area contributed by atoms with Crippen molar-refractivity contribution in [2.45, 2.75) is 12.4 Å². The van der Waals surface area contributed by atoms with Gasteiger partial charge in [-0.1, -0.05) is 12.1 Å². The van der Waals surface area contributed by atoms with Crippen LogP contribution < -0.4 is 5.32 Å². The van der Waals surface area contributed by atoms with Crippen LogP contribution in [-0.4, -0.2) is 15.9 Å². The second-order valence-corrected chi connectivity index (χ2v) is 3.98. The molecule has 0 aliphatic carbocycles. The van der Waals surface area contributed by atoms with Crippen LogP contribution in [0.1, 0.15) is 21.6 Å². The largest absolute Gasteiger partial charge is 0.346 e. The number of amides is 1. The van der Waals surface area contributed by atoms with E-state index in [0.29, 0.717) is 18.0 Å². The first-order valence-corrected chi connectivity index (χ1v) is 6.01. The standard InChI is InChI=1S/C13H12ClN3O/c14-7-10-1-3-11(4-2-10)13(18)16-8-12-5-6-15-9-17-12/h1-6,9H,7-8H2,(H,16,18). The minimum absolute atomic E-state index is 0.130. The van der Waals surface area contributed by atoms with Crippen LogP contribution in [-0.2, 0) is 12.4 Å². The first kappa shape index (κ1) is 12.5. The van der Waals surface area contributed by atoms with Crippen LogP contribution in [0.25, 0.3) is 0 Å². The summed E-state index contributed by atoms with van der Waals surface area (Å²) in [6.07, 6.45) is 3.10. The highest BCUT2D eigenvalue weighted by molar-refractivity contribution is 6.17. The highest BCUT2D eigenvalue weighted by Gasteiger charge is 2.05. The minimum Gasteiger partial charge on any atom is -0.346 e. The van der Waals surface area contributed by atoms with Gasteiger partial charge < -0.3 is 5.32 Å². The van der Waals surface area contributed by atoms with E-state index in [2.05, 4.69) is 15.3 Å². The first-order valence-electron chi connectivity index (χ1n) is 5.47. The zero-order valence-electron chi connectivity index (χ0n) is 9.64. The number of nitrogens with one attached hydrogen (secondary N) is 1. The van der Waals surface area contributed by atoms with Gasteiger partial charge in [0.25, 0.3) is 5.91 Å². The Kier molecular flexibility index (Phi) is 4.25. The Bertz CT molecular complexity index is 514. The first-order chi connectivity index (χ1) is 8.79. The molecule has 4 nitrogen and oxygen atoms in total. The third kappa shape index (κ3) is 3.28. The Morgan fingerprint density at radius 2 is 2.00 bits per heavy atom. The maximum Gasteiger partial charge on any atom is 0.251 e. The van der Waals surface area contributed by atoms with Crippen LogP contribution in [0.15, 0.2) is 42.9 Å². The van der Waals surface area contributed by atoms with Crippen molar-refractivity contribution in [1.82, 2.24) is 15.3 Å². The normalized spacial score (nSPS) is 10.1. The van der Waals surface area contributed by atoms with E-state index in [4.69, 9.17) is 11.6 Å². The Labute approximate surface area is 110 Å². The van der Waals surface area contributed by atoms with Gasteiger partial charge in [-0.15, -0.1) is 11.6 Å². The van der Waals surface area contributed by atoms with Crippen molar-refractivity contribution in [3.05, 3.63) is 59.7 Å². The van der Waals surface area contributed by atoms with Gasteiger partial charge >= 0.3 is 0 Å². The van der Waals surface area contributed by atoms with Gasteiger partial charge in [0.2, 0.25) is 0 Å². The van der Waals surface area contributed by atoms with Crippen LogP contribution in [0.4, 0.5) is 0 Å². The van der Waals surface area contributed by atoms with Crippen molar-refractivity contribution in [1.29, 1.82) is 0 Å². The molecule has 0 saturated carbocycles. The van der Waals surface area contributed by atoms with Gasteiger partial charge in [-0.25, -0.2) is 9.97 Å². The summed E-state index contributed by atoms with van der Waals surface area (Å²) in [5, 5.41) is 2.79. The van der Waals surface area contributed by atoms with E-state index in [-0.39, 0.29) is 5.91 Å². The SMILES string of the molecule is O=C(NCc1ccncn1)c1ccc(CCl)cc1. The summed E-state index contributed by atoms with van der Waals surface area (Å²) in [6.45, 7) is 0.388. The molecular formula is C13H12ClN3O. The summed E-state index contributed by atoms with van der Waals surface area (Å²) >= 11 is 5.69. The maximum absolute atomic E-state index is 11.8. The minimum atomic E-state index is -0.130. The van der Waals surface area contributed by atoms with E-state index in [1.54, 1.807) is 24.4 Å². The second kappa shape index (κ2) is 6.12. The fourth-order valence-corrected chi connectivity index (χ4v) is 1.62. The highest BCUT2D eigenvalue weighted by Crippen LogP contribution is 2.07. The van der Waals surface area contributed by atoms with E-state index in [1.807, 2.05) is 12.1 Å². The molecule has 1 aromatic heterocycles. The number of hydrogen-bond donors (Lipinski definition) is 1. The van der Waals surface area contributed by atoms with Gasteiger partial charge in [-0.3, -0.25) is 4.79 Å². The van der Waals surface area contributed by atoms with E-state index in [9.17, 15) is 4.79 Å². The average Bonchev–Trinajstić information content (AvgIpc) is 2.46. The number of carbonyl (C=O) groups is 1. The van der Waals surface area contributed by atoms with E-state index in [1.165, 1.54) is 6.33 Å². The third-order valence-corrected chi connectivity index (χ3v) is 2.75. The van der Waals surface area contributed by atoms with Gasteiger partial charge in [0, 0.05) is 17.6 Å². The molecule has 18 heavy (non-hydrogen) atoms. The van der Waals surface area contributed by atoms with Crippen molar-refractivity contribution in [2.75, 3.05) is 0 Å². The molecule has 1 heterocycles. The molecule has 0 aliphatic heterocycles. The Balaban J connectivity index is 1.95. The Hall–Kier alpha value is -1.94. The number of rotatable bonds is 4. The number of nitrogens with zero attached hydrogens (tertiary/aromatic N) is 2. The zero-order chi connectivity index (χ0) is 12.8. The van der Waals surface area contributed by atoms with Crippen molar-refractivity contribution >= 4 is 17.5 Å². The topological polar surface area (TPSA) is 54.9 Å². The molecule has 0 aliphatic rings. The molecule has 1 amide bonds. The van der Waals surface area contributed by atoms with Crippen molar-refractivity contribution < 1.29 is 4.79 Å². The van der Waals surface area contributed by atoms with Gasteiger partial charge in [-0.05, 0) is 23.8 Å². The summed E-state index contributed by atoms with van der Waals surface area (Å²) < 4.78 is 0. The lowest BCUT2D eigenvalue weighted by Gasteiger charge is -2.05. The number of carbonyl (C=O) groups excluding carboxylic acids is 1.